The molecule has 18 heavy (non-hydrogen) atoms. The highest BCUT2D eigenvalue weighted by atomic mass is 19.3. The van der Waals surface area contributed by atoms with Crippen molar-refractivity contribution in [3.8, 4) is 17.6 Å². The number of nitriles is 1. The Hall–Kier alpha value is -2.36. The van der Waals surface area contributed by atoms with Crippen molar-refractivity contribution in [2.45, 2.75) is 13.0 Å². The van der Waals surface area contributed by atoms with Crippen molar-refractivity contribution in [3.05, 3.63) is 23.3 Å². The normalized spacial score (nSPS) is 9.94. The summed E-state index contributed by atoms with van der Waals surface area (Å²) in [6.07, 6.45) is -0.588. The summed E-state index contributed by atoms with van der Waals surface area (Å²) in [7, 11) is 1.29. The van der Waals surface area contributed by atoms with Gasteiger partial charge in [-0.15, -0.1) is 0 Å². The van der Waals surface area contributed by atoms with Gasteiger partial charge in [0.15, 0.2) is 0 Å². The smallest absolute Gasteiger partial charge is 0.387 e. The number of rotatable bonds is 5. The number of benzene rings is 1. The van der Waals surface area contributed by atoms with E-state index in [1.54, 1.807) is 6.07 Å². The lowest BCUT2D eigenvalue weighted by molar-refractivity contribution is -0.136. The molecule has 0 atom stereocenters. The predicted molar refractivity (Wildman–Crippen MR) is 55.7 cm³/mol. The molecule has 0 radical (unpaired) electrons. The lowest BCUT2D eigenvalue weighted by Gasteiger charge is -2.12. The Labute approximate surface area is 101 Å². The van der Waals surface area contributed by atoms with Gasteiger partial charge >= 0.3 is 12.6 Å². The number of methoxy groups -OCH3 is 1. The Morgan fingerprint density at radius 2 is 2.22 bits per heavy atom. The molecule has 1 N–H and O–H groups in total. The van der Waals surface area contributed by atoms with Crippen molar-refractivity contribution in [2.75, 3.05) is 7.11 Å². The maximum atomic E-state index is 12.2. The summed E-state index contributed by atoms with van der Waals surface area (Å²) < 4.78 is 33.5. The van der Waals surface area contributed by atoms with Gasteiger partial charge in [-0.3, -0.25) is 4.79 Å². The van der Waals surface area contributed by atoms with Crippen LogP contribution in [0.5, 0.6) is 11.5 Å². The summed E-state index contributed by atoms with van der Waals surface area (Å²) in [5, 5.41) is 17.6. The molecule has 0 saturated carbocycles. The Balaban J connectivity index is 3.32. The van der Waals surface area contributed by atoms with Crippen LogP contribution >= 0.6 is 0 Å². The van der Waals surface area contributed by atoms with Gasteiger partial charge < -0.3 is 14.6 Å². The fourth-order valence-electron chi connectivity index (χ4n) is 1.37. The second kappa shape index (κ2) is 5.82. The van der Waals surface area contributed by atoms with E-state index < -0.39 is 19.0 Å². The fraction of sp³-hybridized carbons (Fsp3) is 0.273. The summed E-state index contributed by atoms with van der Waals surface area (Å²) in [4.78, 5) is 10.6. The largest absolute Gasteiger partial charge is 0.497 e. The maximum Gasteiger partial charge on any atom is 0.387 e. The summed E-state index contributed by atoms with van der Waals surface area (Å²) in [5.74, 6) is -1.49. The van der Waals surface area contributed by atoms with E-state index in [2.05, 4.69) is 4.74 Å². The number of hydrogen-bond donors (Lipinski definition) is 1. The van der Waals surface area contributed by atoms with Crippen molar-refractivity contribution in [2.24, 2.45) is 0 Å². The third kappa shape index (κ3) is 3.31. The van der Waals surface area contributed by atoms with Gasteiger partial charge in [-0.1, -0.05) is 0 Å². The number of nitrogens with zero attached hydrogens (tertiary/aromatic N) is 1. The molecule has 0 heterocycles. The Morgan fingerprint density at radius 1 is 1.56 bits per heavy atom. The van der Waals surface area contributed by atoms with Gasteiger partial charge in [0.25, 0.3) is 0 Å². The number of carbonyl (C=O) groups is 1. The number of ether oxygens (including phenoxy) is 2. The first-order valence-electron chi connectivity index (χ1n) is 4.75. The van der Waals surface area contributed by atoms with Gasteiger partial charge in [-0.2, -0.15) is 14.0 Å². The molecular formula is C11H9F2NO4. The number of carboxylic acid groups (broad SMARTS) is 1. The van der Waals surface area contributed by atoms with Crippen LogP contribution in [0, 0.1) is 11.3 Å². The third-order valence-corrected chi connectivity index (χ3v) is 2.08. The molecule has 1 rings (SSSR count). The lowest BCUT2D eigenvalue weighted by atomic mass is 10.0. The Bertz CT molecular complexity index is 497. The topological polar surface area (TPSA) is 79.5 Å². The summed E-state index contributed by atoms with van der Waals surface area (Å²) >= 11 is 0. The zero-order valence-corrected chi connectivity index (χ0v) is 9.31. The molecule has 0 amide bonds. The molecule has 1 aromatic carbocycles. The first kappa shape index (κ1) is 13.7. The van der Waals surface area contributed by atoms with Crippen LogP contribution in [-0.2, 0) is 11.2 Å². The number of hydrogen-bond acceptors (Lipinski definition) is 4. The highest BCUT2D eigenvalue weighted by molar-refractivity contribution is 5.73. The molecule has 0 saturated heterocycles. The molecule has 0 aliphatic rings. The van der Waals surface area contributed by atoms with Gasteiger partial charge in [0, 0.05) is 11.6 Å². The highest BCUT2D eigenvalue weighted by Gasteiger charge is 2.18. The van der Waals surface area contributed by atoms with Crippen molar-refractivity contribution in [1.29, 1.82) is 5.26 Å². The summed E-state index contributed by atoms with van der Waals surface area (Å²) in [6.45, 7) is -3.11. The van der Waals surface area contributed by atoms with E-state index >= 15 is 0 Å². The minimum absolute atomic E-state index is 0.0765. The van der Waals surface area contributed by atoms with Crippen molar-refractivity contribution in [1.82, 2.24) is 0 Å². The van der Waals surface area contributed by atoms with Crippen LogP contribution in [-0.4, -0.2) is 24.8 Å². The Kier molecular flexibility index (Phi) is 4.43. The molecule has 5 nitrogen and oxygen atoms in total. The fourth-order valence-corrected chi connectivity index (χ4v) is 1.37. The molecule has 0 fully saturated rings. The molecule has 0 aromatic heterocycles. The van der Waals surface area contributed by atoms with Gasteiger partial charge in [0.2, 0.25) is 0 Å². The standard InChI is InChI=1S/C11H9F2NO4/c1-17-7-2-6(5-14)8(4-10(15)16)9(3-7)18-11(12)13/h2-3,11H,4H2,1H3,(H,15,16). The first-order chi connectivity index (χ1) is 8.47. The lowest BCUT2D eigenvalue weighted by Crippen LogP contribution is -2.09. The van der Waals surface area contributed by atoms with Gasteiger partial charge in [0.05, 0.1) is 25.2 Å². The first-order valence-corrected chi connectivity index (χ1v) is 4.75. The third-order valence-electron chi connectivity index (χ3n) is 2.08. The molecule has 0 bridgehead atoms. The summed E-state index contributed by atoms with van der Waals surface area (Å²) in [5.41, 5.74) is -0.182. The number of alkyl halides is 2. The second-order valence-corrected chi connectivity index (χ2v) is 3.21. The zero-order valence-electron chi connectivity index (χ0n) is 9.31. The monoisotopic (exact) mass is 257 g/mol. The van der Waals surface area contributed by atoms with Crippen LogP contribution in [0.1, 0.15) is 11.1 Å². The van der Waals surface area contributed by atoms with E-state index in [1.165, 1.54) is 13.2 Å². The SMILES string of the molecule is COc1cc(C#N)c(CC(=O)O)c(OC(F)F)c1. The quantitative estimate of drug-likeness (QED) is 0.869. The van der Waals surface area contributed by atoms with Crippen LogP contribution in [0.15, 0.2) is 12.1 Å². The van der Waals surface area contributed by atoms with Gasteiger partial charge in [0.1, 0.15) is 11.5 Å². The zero-order chi connectivity index (χ0) is 13.7. The molecule has 0 aliphatic heterocycles. The molecular weight excluding hydrogens is 248 g/mol. The number of carboxylic acids is 1. The maximum absolute atomic E-state index is 12.2. The van der Waals surface area contributed by atoms with Crippen LogP contribution in [0.25, 0.3) is 0 Å². The number of halogens is 2. The second-order valence-electron chi connectivity index (χ2n) is 3.21. The van der Waals surface area contributed by atoms with Crippen molar-refractivity contribution < 1.29 is 28.2 Å². The molecule has 7 heteroatoms. The number of aliphatic carboxylic acids is 1. The van der Waals surface area contributed by atoms with E-state index in [9.17, 15) is 13.6 Å². The average Bonchev–Trinajstić information content (AvgIpc) is 2.29. The highest BCUT2D eigenvalue weighted by Crippen LogP contribution is 2.30. The molecule has 0 aliphatic carbocycles. The van der Waals surface area contributed by atoms with E-state index in [-0.39, 0.29) is 22.6 Å². The van der Waals surface area contributed by atoms with Crippen LogP contribution < -0.4 is 9.47 Å². The van der Waals surface area contributed by atoms with E-state index in [0.717, 1.165) is 6.07 Å². The molecule has 0 unspecified atom stereocenters. The molecule has 96 valence electrons. The van der Waals surface area contributed by atoms with Crippen LogP contribution in [0.2, 0.25) is 0 Å². The molecule has 1 aromatic rings. The van der Waals surface area contributed by atoms with E-state index in [1.807, 2.05) is 0 Å². The van der Waals surface area contributed by atoms with Crippen molar-refractivity contribution in [3.63, 3.8) is 0 Å². The van der Waals surface area contributed by atoms with Crippen LogP contribution in [0.4, 0.5) is 8.78 Å². The minimum Gasteiger partial charge on any atom is -0.497 e. The van der Waals surface area contributed by atoms with E-state index in [0.29, 0.717) is 0 Å². The van der Waals surface area contributed by atoms with Crippen LogP contribution in [0.3, 0.4) is 0 Å². The predicted octanol–water partition coefficient (Wildman–Crippen LogP) is 1.80. The van der Waals surface area contributed by atoms with Crippen molar-refractivity contribution >= 4 is 5.97 Å². The van der Waals surface area contributed by atoms with Gasteiger partial charge in [-0.05, 0) is 6.07 Å². The van der Waals surface area contributed by atoms with Gasteiger partial charge in [-0.25, -0.2) is 0 Å². The van der Waals surface area contributed by atoms with E-state index in [4.69, 9.17) is 15.1 Å². The minimum atomic E-state index is -3.11. The average molecular weight is 257 g/mol. The Morgan fingerprint density at radius 3 is 2.67 bits per heavy atom. The molecule has 0 spiro atoms. The summed E-state index contributed by atoms with van der Waals surface area (Å²) in [6, 6.07) is 4.10.